The van der Waals surface area contributed by atoms with Crippen LogP contribution in [0.4, 0.5) is 0 Å². The van der Waals surface area contributed by atoms with Crippen LogP contribution in [-0.2, 0) is 16.1 Å². The third-order valence-corrected chi connectivity index (χ3v) is 4.08. The average molecular weight is 436 g/mol. The van der Waals surface area contributed by atoms with Gasteiger partial charge in [0.25, 0.3) is 0 Å². The molecule has 0 heterocycles. The van der Waals surface area contributed by atoms with E-state index in [1.54, 1.807) is 18.2 Å². The zero-order chi connectivity index (χ0) is 17.4. The van der Waals surface area contributed by atoms with E-state index in [1.165, 1.54) is 0 Å². The van der Waals surface area contributed by atoms with Crippen LogP contribution in [0.15, 0.2) is 48.5 Å². The zero-order valence-corrected chi connectivity index (χ0v) is 15.1. The number of nitrogens with two attached hydrogens (primary N) is 1. The number of nitrogens with zero attached hydrogens (tertiary/aromatic N) is 1. The van der Waals surface area contributed by atoms with E-state index in [0.717, 1.165) is 9.13 Å². The summed E-state index contributed by atoms with van der Waals surface area (Å²) in [5.74, 6) is 0.221. The predicted octanol–water partition coefficient (Wildman–Crippen LogP) is 3.00. The molecule has 0 aliphatic rings. The standard InChI is InChI=1S/C18H17IN2O3/c19-16-7-6-14(10-20)8-17(16)23-12-15(21)9-18(22)24-11-13-4-2-1-3-5-13/h1-8,15H,9,11-12,21H2/t15-/m1/s1. The van der Waals surface area contributed by atoms with Gasteiger partial charge in [0.2, 0.25) is 0 Å². The Morgan fingerprint density at radius 1 is 1.25 bits per heavy atom. The largest absolute Gasteiger partial charge is 0.491 e. The van der Waals surface area contributed by atoms with Gasteiger partial charge < -0.3 is 15.2 Å². The second kappa shape index (κ2) is 9.25. The van der Waals surface area contributed by atoms with Crippen LogP contribution in [0.2, 0.25) is 0 Å². The number of nitriles is 1. The van der Waals surface area contributed by atoms with Crippen molar-refractivity contribution in [3.63, 3.8) is 0 Å². The lowest BCUT2D eigenvalue weighted by Gasteiger charge is -2.14. The van der Waals surface area contributed by atoms with Gasteiger partial charge in [-0.1, -0.05) is 30.3 Å². The summed E-state index contributed by atoms with van der Waals surface area (Å²) in [6.07, 6.45) is 0.0708. The van der Waals surface area contributed by atoms with E-state index in [-0.39, 0.29) is 25.6 Å². The normalized spacial score (nSPS) is 11.4. The highest BCUT2D eigenvalue weighted by molar-refractivity contribution is 14.1. The maximum absolute atomic E-state index is 11.8. The second-order valence-corrected chi connectivity index (χ2v) is 6.34. The minimum Gasteiger partial charge on any atom is -0.491 e. The fraction of sp³-hybridized carbons (Fsp3) is 0.222. The maximum atomic E-state index is 11.8. The van der Waals surface area contributed by atoms with Crippen molar-refractivity contribution in [2.45, 2.75) is 19.1 Å². The topological polar surface area (TPSA) is 85.3 Å². The van der Waals surface area contributed by atoms with Crippen molar-refractivity contribution in [2.75, 3.05) is 6.61 Å². The Hall–Kier alpha value is -2.11. The van der Waals surface area contributed by atoms with E-state index in [0.29, 0.717) is 11.3 Å². The van der Waals surface area contributed by atoms with Gasteiger partial charge in [0.15, 0.2) is 0 Å². The molecule has 124 valence electrons. The van der Waals surface area contributed by atoms with Crippen LogP contribution in [-0.4, -0.2) is 18.6 Å². The van der Waals surface area contributed by atoms with Gasteiger partial charge in [0.05, 0.1) is 21.6 Å². The molecule has 2 rings (SSSR count). The molecule has 0 bridgehead atoms. The van der Waals surface area contributed by atoms with Gasteiger partial charge in [-0.25, -0.2) is 0 Å². The molecule has 2 aromatic carbocycles. The first-order chi connectivity index (χ1) is 11.6. The SMILES string of the molecule is N#Cc1ccc(I)c(OC[C@H](N)CC(=O)OCc2ccccc2)c1. The third-order valence-electron chi connectivity index (χ3n) is 3.18. The lowest BCUT2D eigenvalue weighted by Crippen LogP contribution is -2.31. The van der Waals surface area contributed by atoms with Gasteiger partial charge in [0, 0.05) is 6.04 Å². The van der Waals surface area contributed by atoms with Crippen molar-refractivity contribution in [3.05, 3.63) is 63.2 Å². The molecule has 0 aromatic heterocycles. The fourth-order valence-corrected chi connectivity index (χ4v) is 2.44. The van der Waals surface area contributed by atoms with Crippen molar-refractivity contribution < 1.29 is 14.3 Å². The van der Waals surface area contributed by atoms with Crippen LogP contribution >= 0.6 is 22.6 Å². The molecule has 5 nitrogen and oxygen atoms in total. The molecule has 0 unspecified atom stereocenters. The van der Waals surface area contributed by atoms with Crippen LogP contribution in [0.1, 0.15) is 17.5 Å². The molecule has 0 spiro atoms. The Kier molecular flexibility index (Phi) is 7.03. The molecular weight excluding hydrogens is 419 g/mol. The number of carbonyl (C=O) groups is 1. The number of hydrogen-bond acceptors (Lipinski definition) is 5. The Bertz CT molecular complexity index is 729. The number of hydrogen-bond donors (Lipinski definition) is 1. The Morgan fingerprint density at radius 3 is 2.71 bits per heavy atom. The molecule has 6 heteroatoms. The molecule has 0 fully saturated rings. The lowest BCUT2D eigenvalue weighted by molar-refractivity contribution is -0.145. The number of halogens is 1. The van der Waals surface area contributed by atoms with Crippen molar-refractivity contribution in [1.82, 2.24) is 0 Å². The van der Waals surface area contributed by atoms with Crippen molar-refractivity contribution >= 4 is 28.6 Å². The maximum Gasteiger partial charge on any atom is 0.307 e. The van der Waals surface area contributed by atoms with Crippen LogP contribution in [0, 0.1) is 14.9 Å². The smallest absolute Gasteiger partial charge is 0.307 e. The molecule has 0 radical (unpaired) electrons. The monoisotopic (exact) mass is 436 g/mol. The van der Waals surface area contributed by atoms with E-state index in [2.05, 4.69) is 28.7 Å². The van der Waals surface area contributed by atoms with Gasteiger partial charge in [-0.05, 0) is 46.4 Å². The average Bonchev–Trinajstić information content (AvgIpc) is 2.60. The first-order valence-corrected chi connectivity index (χ1v) is 8.44. The Morgan fingerprint density at radius 2 is 2.00 bits per heavy atom. The quantitative estimate of drug-likeness (QED) is 0.533. The van der Waals surface area contributed by atoms with Gasteiger partial charge in [-0.2, -0.15) is 5.26 Å². The summed E-state index contributed by atoms with van der Waals surface area (Å²) in [6.45, 7) is 0.403. The third kappa shape index (κ3) is 5.83. The van der Waals surface area contributed by atoms with E-state index < -0.39 is 6.04 Å². The number of carbonyl (C=O) groups excluding carboxylic acids is 1. The van der Waals surface area contributed by atoms with Crippen LogP contribution in [0.25, 0.3) is 0 Å². The van der Waals surface area contributed by atoms with Gasteiger partial charge in [-0.15, -0.1) is 0 Å². The molecule has 0 aliphatic carbocycles. The summed E-state index contributed by atoms with van der Waals surface area (Å²) in [4.78, 5) is 11.8. The summed E-state index contributed by atoms with van der Waals surface area (Å²) >= 11 is 2.12. The predicted molar refractivity (Wildman–Crippen MR) is 98.2 cm³/mol. The molecule has 24 heavy (non-hydrogen) atoms. The molecule has 2 aromatic rings. The zero-order valence-electron chi connectivity index (χ0n) is 12.9. The number of benzene rings is 2. The summed E-state index contributed by atoms with van der Waals surface area (Å²) < 4.78 is 11.7. The summed E-state index contributed by atoms with van der Waals surface area (Å²) in [5.41, 5.74) is 7.36. The highest BCUT2D eigenvalue weighted by atomic mass is 127. The summed E-state index contributed by atoms with van der Waals surface area (Å²) in [7, 11) is 0. The molecule has 0 amide bonds. The van der Waals surface area contributed by atoms with E-state index in [1.807, 2.05) is 30.3 Å². The highest BCUT2D eigenvalue weighted by Gasteiger charge is 2.13. The van der Waals surface area contributed by atoms with E-state index in [9.17, 15) is 4.79 Å². The summed E-state index contributed by atoms with van der Waals surface area (Å²) in [6, 6.07) is 16.2. The highest BCUT2D eigenvalue weighted by Crippen LogP contribution is 2.22. The Balaban J connectivity index is 1.77. The molecule has 0 saturated carbocycles. The molecule has 1 atom stereocenters. The molecular formula is C18H17IN2O3. The van der Waals surface area contributed by atoms with Crippen molar-refractivity contribution in [3.8, 4) is 11.8 Å². The lowest BCUT2D eigenvalue weighted by atomic mass is 10.2. The van der Waals surface area contributed by atoms with Crippen LogP contribution in [0.3, 0.4) is 0 Å². The van der Waals surface area contributed by atoms with Gasteiger partial charge in [-0.3, -0.25) is 4.79 Å². The van der Waals surface area contributed by atoms with Crippen LogP contribution < -0.4 is 10.5 Å². The van der Waals surface area contributed by atoms with E-state index in [4.69, 9.17) is 20.5 Å². The van der Waals surface area contributed by atoms with Gasteiger partial charge in [0.1, 0.15) is 19.0 Å². The summed E-state index contributed by atoms with van der Waals surface area (Å²) in [5, 5.41) is 8.91. The van der Waals surface area contributed by atoms with Crippen molar-refractivity contribution in [2.24, 2.45) is 5.73 Å². The molecule has 2 N–H and O–H groups in total. The van der Waals surface area contributed by atoms with Gasteiger partial charge >= 0.3 is 5.97 Å². The number of rotatable bonds is 7. The van der Waals surface area contributed by atoms with Crippen LogP contribution in [0.5, 0.6) is 5.75 Å². The minimum absolute atomic E-state index is 0.0708. The van der Waals surface area contributed by atoms with Crippen molar-refractivity contribution in [1.29, 1.82) is 5.26 Å². The first kappa shape index (κ1) is 18.2. The first-order valence-electron chi connectivity index (χ1n) is 7.36. The molecule has 0 aliphatic heterocycles. The Labute approximate surface area is 154 Å². The molecule has 0 saturated heterocycles. The minimum atomic E-state index is -0.477. The van der Waals surface area contributed by atoms with E-state index >= 15 is 0 Å². The second-order valence-electron chi connectivity index (χ2n) is 5.18. The number of ether oxygens (including phenoxy) is 2. The number of esters is 1. The fourth-order valence-electron chi connectivity index (χ4n) is 1.95.